The van der Waals surface area contributed by atoms with Gasteiger partial charge in [0.1, 0.15) is 54.6 Å². The fourth-order valence-corrected chi connectivity index (χ4v) is 9.61. The Bertz CT molecular complexity index is 2330. The SMILES string of the molecule is CCCC(=O)N[C@H](C(=O)N[C@H]1COC(=O)[C@@H]2CCCN2C(=O)[C@H](Cc2ccc(O)cc2)NC(=O)[C@H](CC(N)=O)NC(=O)CNC(=O)[C@@H](CC(C)C)NC(=O)CC(=O)[C@H](CC(C)C)NC(=O)[C@@H]2C[C@H](C)CN2C1=O)[C@H](C)CC. The lowest BCUT2D eigenvalue weighted by Crippen LogP contribution is -2.60. The zero-order valence-electron chi connectivity index (χ0n) is 45.6. The van der Waals surface area contributed by atoms with Gasteiger partial charge in [-0.25, -0.2) is 4.79 Å². The molecule has 3 saturated heterocycles. The van der Waals surface area contributed by atoms with E-state index in [-0.39, 0.29) is 81.5 Å². The number of phenols is 1. The molecule has 0 radical (unpaired) electrons. The zero-order valence-corrected chi connectivity index (χ0v) is 45.6. The number of carbonyl (C=O) groups excluding carboxylic acids is 12. The van der Waals surface area contributed by atoms with E-state index in [2.05, 4.69) is 37.2 Å². The molecule has 10 N–H and O–H groups in total. The number of nitrogens with one attached hydrogen (secondary N) is 7. The molecular formula is C53H80N10O14. The lowest BCUT2D eigenvalue weighted by atomic mass is 9.97. The quantitative estimate of drug-likeness (QED) is 0.0792. The first-order valence-electron chi connectivity index (χ1n) is 26.7. The van der Waals surface area contributed by atoms with Crippen LogP contribution in [0.4, 0.5) is 0 Å². The lowest BCUT2D eigenvalue weighted by molar-refractivity contribution is -0.157. The number of nitrogens with zero attached hydrogens (tertiary/aromatic N) is 2. The maximum atomic E-state index is 14.9. The predicted octanol–water partition coefficient (Wildman–Crippen LogP) is -0.482. The summed E-state index contributed by atoms with van der Waals surface area (Å²) in [5.41, 5.74) is 5.94. The molecular weight excluding hydrogens is 1000 g/mol. The van der Waals surface area contributed by atoms with Crippen molar-refractivity contribution in [2.45, 2.75) is 174 Å². The fourth-order valence-electron chi connectivity index (χ4n) is 9.61. The molecule has 1 aromatic carbocycles. The number of aromatic hydroxyl groups is 1. The number of esters is 1. The number of cyclic esters (lactones) is 1. The minimum absolute atomic E-state index is 0.00411. The van der Waals surface area contributed by atoms with Crippen LogP contribution in [0.25, 0.3) is 0 Å². The van der Waals surface area contributed by atoms with Gasteiger partial charge in [-0.1, -0.05) is 73.9 Å². The van der Waals surface area contributed by atoms with Crippen LogP contribution < -0.4 is 43.0 Å². The molecule has 3 heterocycles. The summed E-state index contributed by atoms with van der Waals surface area (Å²) in [6.45, 7) is 12.7. The molecule has 3 aliphatic rings. The molecule has 24 nitrogen and oxygen atoms in total. The van der Waals surface area contributed by atoms with E-state index in [9.17, 15) is 62.6 Å². The summed E-state index contributed by atoms with van der Waals surface area (Å²) in [7, 11) is 0. The molecule has 0 saturated carbocycles. The molecule has 0 aliphatic carbocycles. The van der Waals surface area contributed by atoms with Crippen molar-refractivity contribution in [3.8, 4) is 5.75 Å². The molecule has 3 aliphatic heterocycles. The average molecular weight is 1080 g/mol. The van der Waals surface area contributed by atoms with Crippen LogP contribution in [-0.4, -0.2) is 160 Å². The van der Waals surface area contributed by atoms with Crippen LogP contribution >= 0.6 is 0 Å². The van der Waals surface area contributed by atoms with Gasteiger partial charge in [-0.3, -0.25) is 52.7 Å². The Hall–Kier alpha value is -7.14. The number of ether oxygens (including phenoxy) is 1. The number of phenolic OH excluding ortho intramolecular Hbond substituents is 1. The third kappa shape index (κ3) is 18.8. The average Bonchev–Trinajstić information content (AvgIpc) is 4.02. The van der Waals surface area contributed by atoms with E-state index in [1.165, 1.54) is 34.1 Å². The lowest BCUT2D eigenvalue weighted by Gasteiger charge is -2.32. The Balaban J connectivity index is 1.81. The van der Waals surface area contributed by atoms with Crippen molar-refractivity contribution in [2.75, 3.05) is 26.2 Å². The summed E-state index contributed by atoms with van der Waals surface area (Å²) in [5, 5.41) is 28.1. The van der Waals surface area contributed by atoms with Crippen molar-refractivity contribution in [1.29, 1.82) is 0 Å². The third-order valence-corrected chi connectivity index (χ3v) is 13.8. The molecule has 0 unspecified atom stereocenters. The normalized spacial score (nSPS) is 25.8. The van der Waals surface area contributed by atoms with E-state index < -0.39 is 151 Å². The minimum atomic E-state index is -1.69. The van der Waals surface area contributed by atoms with E-state index in [0.717, 1.165) is 0 Å². The number of nitrogens with two attached hydrogens (primary N) is 1. The second-order valence-electron chi connectivity index (χ2n) is 21.4. The first-order chi connectivity index (χ1) is 36.3. The van der Waals surface area contributed by atoms with Crippen molar-refractivity contribution >= 4 is 70.8 Å². The van der Waals surface area contributed by atoms with Crippen LogP contribution in [0.3, 0.4) is 0 Å². The third-order valence-electron chi connectivity index (χ3n) is 13.8. The minimum Gasteiger partial charge on any atom is -0.508 e. The number of carbonyl (C=O) groups is 12. The van der Waals surface area contributed by atoms with E-state index in [4.69, 9.17) is 10.5 Å². The molecule has 0 bridgehead atoms. The highest BCUT2D eigenvalue weighted by molar-refractivity contribution is 6.04. The number of Topliss-reactive ketones (excluding diaryl/α,β-unsaturated/α-hetero) is 1. The maximum absolute atomic E-state index is 14.9. The maximum Gasteiger partial charge on any atom is 0.328 e. The number of hydrogen-bond donors (Lipinski definition) is 9. The predicted molar refractivity (Wildman–Crippen MR) is 278 cm³/mol. The Labute approximate surface area is 449 Å². The molecule has 426 valence electrons. The molecule has 77 heavy (non-hydrogen) atoms. The van der Waals surface area contributed by atoms with Crippen molar-refractivity contribution in [3.63, 3.8) is 0 Å². The van der Waals surface area contributed by atoms with Crippen LogP contribution in [0.1, 0.15) is 125 Å². The summed E-state index contributed by atoms with van der Waals surface area (Å²) < 4.78 is 5.82. The van der Waals surface area contributed by atoms with E-state index in [0.29, 0.717) is 18.4 Å². The Morgan fingerprint density at radius 1 is 0.779 bits per heavy atom. The van der Waals surface area contributed by atoms with Gasteiger partial charge in [-0.2, -0.15) is 0 Å². The van der Waals surface area contributed by atoms with E-state index in [1.807, 2.05) is 6.92 Å². The van der Waals surface area contributed by atoms with Crippen molar-refractivity contribution < 1.29 is 67.4 Å². The molecule has 4 rings (SSSR count). The van der Waals surface area contributed by atoms with Gasteiger partial charge in [0.25, 0.3) is 0 Å². The summed E-state index contributed by atoms with van der Waals surface area (Å²) in [5.74, 6) is -11.1. The molecule has 10 amide bonds. The van der Waals surface area contributed by atoms with Crippen molar-refractivity contribution in [1.82, 2.24) is 47.0 Å². The van der Waals surface area contributed by atoms with Gasteiger partial charge in [0.2, 0.25) is 59.1 Å². The van der Waals surface area contributed by atoms with Crippen LogP contribution in [-0.2, 0) is 68.7 Å². The second kappa shape index (κ2) is 29.4. The topological polar surface area (TPSA) is 351 Å². The van der Waals surface area contributed by atoms with Gasteiger partial charge in [0.05, 0.1) is 25.4 Å². The summed E-state index contributed by atoms with van der Waals surface area (Å²) in [6.07, 6.45) is -0.0689. The van der Waals surface area contributed by atoms with Crippen LogP contribution in [0, 0.1) is 23.7 Å². The molecule has 1 aromatic rings. The first kappa shape index (κ1) is 62.4. The largest absolute Gasteiger partial charge is 0.508 e. The van der Waals surface area contributed by atoms with Crippen LogP contribution in [0.2, 0.25) is 0 Å². The highest BCUT2D eigenvalue weighted by Gasteiger charge is 2.45. The molecule has 0 spiro atoms. The molecule has 24 heteroatoms. The number of benzene rings is 1. The number of rotatable bonds is 15. The Kier molecular flexibility index (Phi) is 23.8. The summed E-state index contributed by atoms with van der Waals surface area (Å²) >= 11 is 0. The second-order valence-corrected chi connectivity index (χ2v) is 21.4. The molecule has 0 aromatic heterocycles. The van der Waals surface area contributed by atoms with Gasteiger partial charge < -0.3 is 62.6 Å². The monoisotopic (exact) mass is 1080 g/mol. The standard InChI is InChI=1S/C53H80N10O14/c1-9-12-43(67)61-46(31(8)10-2)50(73)60-38-27-77-53(76)39-13-11-18-62(39)51(74)37(22-32-14-16-33(64)17-15-32)59-48(71)36(23-42(54)66)57-45(69)25-55-47(70)35(20-29(5)6)56-44(68)24-41(65)34(19-28(3)4)58-49(72)40-21-30(7)26-63(40)52(38)75/h14-17,28-31,34-40,46,64H,9-13,18-27H2,1-8H3,(H2,54,66)(H,55,70)(H,56,68)(H,57,69)(H,58,72)(H,59,71)(H,60,73)(H,61,67)/t30-,31+,34-,35+,36-,37-,38-,39-,40-,46-/m0/s1. The summed E-state index contributed by atoms with van der Waals surface area (Å²) in [4.78, 5) is 169. The number of hydrogen-bond acceptors (Lipinski definition) is 14. The Morgan fingerprint density at radius 3 is 2.04 bits per heavy atom. The number of primary amides is 1. The smallest absolute Gasteiger partial charge is 0.328 e. The van der Waals surface area contributed by atoms with Gasteiger partial charge in [0, 0.05) is 25.9 Å². The highest BCUT2D eigenvalue weighted by Crippen LogP contribution is 2.26. The van der Waals surface area contributed by atoms with Crippen molar-refractivity contribution in [2.24, 2.45) is 29.4 Å². The van der Waals surface area contributed by atoms with Crippen LogP contribution in [0.5, 0.6) is 5.75 Å². The molecule has 10 atom stereocenters. The highest BCUT2D eigenvalue weighted by atomic mass is 16.5. The van der Waals surface area contributed by atoms with Crippen molar-refractivity contribution in [3.05, 3.63) is 29.8 Å². The van der Waals surface area contributed by atoms with Gasteiger partial charge in [0.15, 0.2) is 5.78 Å². The summed E-state index contributed by atoms with van der Waals surface area (Å²) in [6, 6.07) is -5.23. The van der Waals surface area contributed by atoms with E-state index in [1.54, 1.807) is 48.5 Å². The van der Waals surface area contributed by atoms with Gasteiger partial charge >= 0.3 is 5.97 Å². The zero-order chi connectivity index (χ0) is 57.3. The van der Waals surface area contributed by atoms with Crippen LogP contribution in [0.15, 0.2) is 24.3 Å². The number of amides is 10. The van der Waals surface area contributed by atoms with E-state index >= 15 is 0 Å². The van der Waals surface area contributed by atoms with Gasteiger partial charge in [-0.15, -0.1) is 0 Å². The Morgan fingerprint density at radius 2 is 1.42 bits per heavy atom. The van der Waals surface area contributed by atoms with Gasteiger partial charge in [-0.05, 0) is 79.9 Å². The fraction of sp³-hybridized carbons (Fsp3) is 0.660. The first-order valence-corrected chi connectivity index (χ1v) is 26.7. The number of fused-ring (bicyclic) bond motifs is 2. The number of ketones is 1. The molecule has 3 fully saturated rings.